The van der Waals surface area contributed by atoms with E-state index in [0.29, 0.717) is 19.7 Å². The minimum Gasteiger partial charge on any atom is -0.481 e. The Morgan fingerprint density at radius 2 is 2.43 bits per heavy atom. The molecule has 1 unspecified atom stereocenters. The van der Waals surface area contributed by atoms with Crippen LogP contribution in [0.1, 0.15) is 19.8 Å². The summed E-state index contributed by atoms with van der Waals surface area (Å²) in [5, 5.41) is 8.55. The third-order valence-electron chi connectivity index (χ3n) is 2.12. The molecule has 1 fully saturated rings. The van der Waals surface area contributed by atoms with E-state index >= 15 is 0 Å². The molecule has 1 amide bonds. The van der Waals surface area contributed by atoms with Crippen LogP contribution < -0.4 is 0 Å². The van der Waals surface area contributed by atoms with Gasteiger partial charge in [-0.05, 0) is 6.42 Å². The molecule has 1 N–H and O–H groups in total. The van der Waals surface area contributed by atoms with Gasteiger partial charge in [0.2, 0.25) is 0 Å². The highest BCUT2D eigenvalue weighted by Crippen LogP contribution is 2.10. The number of ether oxygens (including phenoxy) is 1. The number of carboxylic acids is 1. The molecule has 80 valence electrons. The van der Waals surface area contributed by atoms with Crippen LogP contribution in [-0.4, -0.2) is 47.7 Å². The van der Waals surface area contributed by atoms with Crippen LogP contribution >= 0.6 is 0 Å². The lowest BCUT2D eigenvalue weighted by molar-refractivity contribution is -0.159. The quantitative estimate of drug-likeness (QED) is 0.700. The maximum atomic E-state index is 11.6. The Morgan fingerprint density at radius 1 is 1.71 bits per heavy atom. The summed E-state index contributed by atoms with van der Waals surface area (Å²) in [6.07, 6.45) is -0.141. The lowest BCUT2D eigenvalue weighted by Crippen LogP contribution is -2.48. The van der Waals surface area contributed by atoms with Gasteiger partial charge in [-0.15, -0.1) is 0 Å². The maximum absolute atomic E-state index is 11.6. The summed E-state index contributed by atoms with van der Waals surface area (Å²) in [6, 6.07) is 0. The zero-order valence-electron chi connectivity index (χ0n) is 8.23. The van der Waals surface area contributed by atoms with Crippen molar-refractivity contribution in [1.29, 1.82) is 0 Å². The zero-order chi connectivity index (χ0) is 10.6. The van der Waals surface area contributed by atoms with Gasteiger partial charge in [-0.25, -0.2) is 0 Å². The van der Waals surface area contributed by atoms with Crippen molar-refractivity contribution >= 4 is 11.9 Å². The van der Waals surface area contributed by atoms with Gasteiger partial charge < -0.3 is 14.7 Å². The molecule has 0 aromatic heterocycles. The molecule has 0 aromatic rings. The van der Waals surface area contributed by atoms with E-state index in [1.54, 1.807) is 4.90 Å². The number of carbonyl (C=O) groups is 2. The number of aliphatic carboxylic acids is 1. The van der Waals surface area contributed by atoms with E-state index in [2.05, 4.69) is 0 Å². The predicted molar refractivity (Wildman–Crippen MR) is 48.9 cm³/mol. The summed E-state index contributed by atoms with van der Waals surface area (Å²) in [6.45, 7) is 3.67. The van der Waals surface area contributed by atoms with Gasteiger partial charge in [0.25, 0.3) is 5.91 Å². The molecule has 0 radical (unpaired) electrons. The number of nitrogens with zero attached hydrogens (tertiary/aromatic N) is 1. The molecule has 0 saturated carbocycles. The van der Waals surface area contributed by atoms with Crippen molar-refractivity contribution in [3.05, 3.63) is 0 Å². The van der Waals surface area contributed by atoms with Gasteiger partial charge in [0.1, 0.15) is 6.10 Å². The topological polar surface area (TPSA) is 66.8 Å². The first-order valence-electron chi connectivity index (χ1n) is 4.77. The number of amides is 1. The average molecular weight is 201 g/mol. The third kappa shape index (κ3) is 2.70. The van der Waals surface area contributed by atoms with Crippen molar-refractivity contribution in [3.63, 3.8) is 0 Å². The smallest absolute Gasteiger partial charge is 0.306 e. The highest BCUT2D eigenvalue weighted by atomic mass is 16.5. The molecular formula is C9H15NO4. The second-order valence-corrected chi connectivity index (χ2v) is 3.28. The van der Waals surface area contributed by atoms with Crippen LogP contribution in [0.25, 0.3) is 0 Å². The summed E-state index contributed by atoms with van der Waals surface area (Å²) in [5.41, 5.74) is 0. The fraction of sp³-hybridized carbons (Fsp3) is 0.778. The van der Waals surface area contributed by atoms with Gasteiger partial charge >= 0.3 is 5.97 Å². The van der Waals surface area contributed by atoms with Crippen LogP contribution in [0, 0.1) is 0 Å². The Balaban J connectivity index is 2.52. The zero-order valence-corrected chi connectivity index (χ0v) is 8.23. The van der Waals surface area contributed by atoms with Gasteiger partial charge in [0.05, 0.1) is 13.0 Å². The lowest BCUT2D eigenvalue weighted by atomic mass is 10.2. The SMILES string of the molecule is CCCN1CCOC(CC(=O)O)C1=O. The molecule has 14 heavy (non-hydrogen) atoms. The molecule has 1 aliphatic heterocycles. The summed E-state index contributed by atoms with van der Waals surface area (Å²) < 4.78 is 5.11. The second-order valence-electron chi connectivity index (χ2n) is 3.28. The van der Waals surface area contributed by atoms with Crippen LogP contribution in [0.3, 0.4) is 0 Å². The van der Waals surface area contributed by atoms with Crippen molar-refractivity contribution in [2.75, 3.05) is 19.7 Å². The monoisotopic (exact) mass is 201 g/mol. The van der Waals surface area contributed by atoms with Gasteiger partial charge in [0.15, 0.2) is 0 Å². The van der Waals surface area contributed by atoms with Gasteiger partial charge in [-0.1, -0.05) is 6.92 Å². The van der Waals surface area contributed by atoms with Crippen LogP contribution in [-0.2, 0) is 14.3 Å². The van der Waals surface area contributed by atoms with E-state index in [1.807, 2.05) is 6.92 Å². The predicted octanol–water partition coefficient (Wildman–Crippen LogP) is 0.0985. The molecule has 5 heteroatoms. The molecular weight excluding hydrogens is 186 g/mol. The molecule has 0 spiro atoms. The molecule has 1 rings (SSSR count). The minimum absolute atomic E-state index is 0.194. The number of carbonyl (C=O) groups excluding carboxylic acids is 1. The maximum Gasteiger partial charge on any atom is 0.306 e. The van der Waals surface area contributed by atoms with Crippen LogP contribution in [0.2, 0.25) is 0 Å². The summed E-state index contributed by atoms with van der Waals surface area (Å²) in [5.74, 6) is -1.19. The minimum atomic E-state index is -0.998. The molecule has 0 aliphatic carbocycles. The number of hydrogen-bond donors (Lipinski definition) is 1. The van der Waals surface area contributed by atoms with Crippen LogP contribution in [0.4, 0.5) is 0 Å². The summed E-state index contributed by atoms with van der Waals surface area (Å²) in [7, 11) is 0. The third-order valence-corrected chi connectivity index (χ3v) is 2.12. The van der Waals surface area contributed by atoms with Crippen molar-refractivity contribution in [2.24, 2.45) is 0 Å². The van der Waals surface area contributed by atoms with E-state index < -0.39 is 12.1 Å². The van der Waals surface area contributed by atoms with Crippen LogP contribution in [0.5, 0.6) is 0 Å². The number of carboxylic acid groups (broad SMARTS) is 1. The number of rotatable bonds is 4. The number of morpholine rings is 1. The first kappa shape index (κ1) is 11.0. The Hall–Kier alpha value is -1.10. The molecule has 0 aromatic carbocycles. The summed E-state index contributed by atoms with van der Waals surface area (Å²) in [4.78, 5) is 23.7. The molecule has 1 atom stereocenters. The van der Waals surface area contributed by atoms with E-state index in [-0.39, 0.29) is 12.3 Å². The van der Waals surface area contributed by atoms with Gasteiger partial charge in [0, 0.05) is 13.1 Å². The molecule has 1 heterocycles. The van der Waals surface area contributed by atoms with Crippen molar-refractivity contribution < 1.29 is 19.4 Å². The first-order valence-corrected chi connectivity index (χ1v) is 4.77. The Labute approximate surface area is 82.6 Å². The Morgan fingerprint density at radius 3 is 3.00 bits per heavy atom. The average Bonchev–Trinajstić information content (AvgIpc) is 2.11. The fourth-order valence-corrected chi connectivity index (χ4v) is 1.49. The first-order chi connectivity index (χ1) is 6.65. The summed E-state index contributed by atoms with van der Waals surface area (Å²) >= 11 is 0. The highest BCUT2D eigenvalue weighted by molar-refractivity contribution is 5.85. The molecule has 5 nitrogen and oxygen atoms in total. The van der Waals surface area contributed by atoms with Crippen molar-refractivity contribution in [2.45, 2.75) is 25.9 Å². The van der Waals surface area contributed by atoms with E-state index in [0.717, 1.165) is 6.42 Å². The van der Waals surface area contributed by atoms with Crippen LogP contribution in [0.15, 0.2) is 0 Å². The molecule has 1 saturated heterocycles. The normalized spacial score (nSPS) is 22.5. The van der Waals surface area contributed by atoms with E-state index in [1.165, 1.54) is 0 Å². The van der Waals surface area contributed by atoms with Crippen molar-refractivity contribution in [3.8, 4) is 0 Å². The molecule has 1 aliphatic rings. The molecule has 0 bridgehead atoms. The number of hydrogen-bond acceptors (Lipinski definition) is 3. The van der Waals surface area contributed by atoms with E-state index in [4.69, 9.17) is 9.84 Å². The van der Waals surface area contributed by atoms with Crippen molar-refractivity contribution in [1.82, 2.24) is 4.90 Å². The Kier molecular flexibility index (Phi) is 3.88. The lowest BCUT2D eigenvalue weighted by Gasteiger charge is -2.31. The Bertz CT molecular complexity index is 227. The fourth-order valence-electron chi connectivity index (χ4n) is 1.49. The van der Waals surface area contributed by atoms with Gasteiger partial charge in [-0.3, -0.25) is 9.59 Å². The highest BCUT2D eigenvalue weighted by Gasteiger charge is 2.30. The standard InChI is InChI=1S/C9H15NO4/c1-2-3-10-4-5-14-7(9(10)13)6-8(11)12/h7H,2-6H2,1H3,(H,11,12). The second kappa shape index (κ2) is 4.95. The largest absolute Gasteiger partial charge is 0.481 e. The van der Waals surface area contributed by atoms with Gasteiger partial charge in [-0.2, -0.15) is 0 Å². The van der Waals surface area contributed by atoms with E-state index in [9.17, 15) is 9.59 Å².